The van der Waals surface area contributed by atoms with E-state index in [2.05, 4.69) is 27.9 Å². The summed E-state index contributed by atoms with van der Waals surface area (Å²) in [5.41, 5.74) is 0. The van der Waals surface area contributed by atoms with Crippen LogP contribution >= 0.6 is 0 Å². The van der Waals surface area contributed by atoms with Crippen molar-refractivity contribution < 1.29 is 24.4 Å². The predicted octanol–water partition coefficient (Wildman–Crippen LogP) is 5.97. The molecular formula is C25H45N2O4+. The third-order valence-electron chi connectivity index (χ3n) is 5.86. The molecule has 0 spiro atoms. The molecule has 0 aromatic carbocycles. The maximum absolute atomic E-state index is 10.5. The summed E-state index contributed by atoms with van der Waals surface area (Å²) in [6, 6.07) is 0. The van der Waals surface area contributed by atoms with Crippen molar-refractivity contribution in [3.63, 3.8) is 0 Å². The molecule has 1 heterocycles. The van der Waals surface area contributed by atoms with Gasteiger partial charge in [0.25, 0.3) is 0 Å². The first-order valence-corrected chi connectivity index (χ1v) is 12.6. The van der Waals surface area contributed by atoms with E-state index in [1.807, 2.05) is 0 Å². The fourth-order valence-corrected chi connectivity index (χ4v) is 3.97. The number of carbonyl (C=O) groups is 2. The summed E-state index contributed by atoms with van der Waals surface area (Å²) in [6.07, 6.45) is 25.8. The molecule has 0 radical (unpaired) electrons. The number of aryl methyl sites for hydroxylation is 2. The van der Waals surface area contributed by atoms with E-state index in [9.17, 15) is 9.59 Å². The highest BCUT2D eigenvalue weighted by Gasteiger charge is 2.04. The second-order valence-corrected chi connectivity index (χ2v) is 8.83. The molecule has 178 valence electrons. The SMILES string of the molecule is O=C(O)CCCCCCCCCCn1cc[n+](CCCCCCCCCCC(=O)O)c1. The van der Waals surface area contributed by atoms with E-state index < -0.39 is 11.9 Å². The van der Waals surface area contributed by atoms with Crippen LogP contribution in [0.25, 0.3) is 0 Å². The minimum Gasteiger partial charge on any atom is -0.481 e. The predicted molar refractivity (Wildman–Crippen MR) is 123 cm³/mol. The van der Waals surface area contributed by atoms with Crippen molar-refractivity contribution in [1.82, 2.24) is 4.57 Å². The van der Waals surface area contributed by atoms with E-state index in [4.69, 9.17) is 10.2 Å². The van der Waals surface area contributed by atoms with Crippen LogP contribution < -0.4 is 4.57 Å². The Morgan fingerprint density at radius 1 is 0.613 bits per heavy atom. The first-order valence-electron chi connectivity index (χ1n) is 12.6. The fourth-order valence-electron chi connectivity index (χ4n) is 3.97. The molecule has 6 heteroatoms. The first-order chi connectivity index (χ1) is 15.1. The van der Waals surface area contributed by atoms with Gasteiger partial charge in [-0.2, -0.15) is 0 Å². The van der Waals surface area contributed by atoms with Crippen LogP contribution in [-0.4, -0.2) is 26.7 Å². The zero-order chi connectivity index (χ0) is 22.6. The first kappa shape index (κ1) is 27.2. The van der Waals surface area contributed by atoms with Crippen LogP contribution in [0.1, 0.15) is 116 Å². The van der Waals surface area contributed by atoms with Gasteiger partial charge in [0, 0.05) is 12.8 Å². The molecule has 0 aliphatic rings. The fraction of sp³-hybridized carbons (Fsp3) is 0.800. The maximum Gasteiger partial charge on any atom is 0.303 e. The quantitative estimate of drug-likeness (QED) is 0.173. The molecule has 1 rings (SSSR count). The normalized spacial score (nSPS) is 11.1. The maximum atomic E-state index is 10.5. The monoisotopic (exact) mass is 437 g/mol. The standard InChI is InChI=1S/C25H44N2O4/c28-24(29)17-13-9-5-1-3-7-11-15-19-26-21-22-27(23-26)20-16-12-8-4-2-6-10-14-18-25(30)31/h21-23H,1-20H2,(H-,28,29,30,31)/p+1. The van der Waals surface area contributed by atoms with Crippen LogP contribution in [0.15, 0.2) is 18.7 Å². The summed E-state index contributed by atoms with van der Waals surface area (Å²) in [7, 11) is 0. The Morgan fingerprint density at radius 3 is 1.52 bits per heavy atom. The van der Waals surface area contributed by atoms with Crippen molar-refractivity contribution in [2.24, 2.45) is 0 Å². The van der Waals surface area contributed by atoms with Gasteiger partial charge in [-0.1, -0.05) is 64.2 Å². The molecule has 2 N–H and O–H groups in total. The molecule has 0 saturated heterocycles. The lowest BCUT2D eigenvalue weighted by Crippen LogP contribution is -2.30. The van der Waals surface area contributed by atoms with Gasteiger partial charge in [0.2, 0.25) is 6.33 Å². The average Bonchev–Trinajstić information content (AvgIpc) is 3.18. The molecule has 0 atom stereocenters. The van der Waals surface area contributed by atoms with Gasteiger partial charge in [-0.05, 0) is 38.5 Å². The van der Waals surface area contributed by atoms with Crippen LogP contribution in [-0.2, 0) is 22.7 Å². The Hall–Kier alpha value is -1.85. The minimum absolute atomic E-state index is 0.314. The summed E-state index contributed by atoms with van der Waals surface area (Å²) in [4.78, 5) is 20.9. The second-order valence-electron chi connectivity index (χ2n) is 8.83. The molecule has 6 nitrogen and oxygen atoms in total. The summed E-state index contributed by atoms with van der Waals surface area (Å²) in [5, 5.41) is 17.2. The lowest BCUT2D eigenvalue weighted by atomic mass is 10.1. The van der Waals surface area contributed by atoms with Crippen LogP contribution in [0.3, 0.4) is 0 Å². The number of carboxylic acid groups (broad SMARTS) is 2. The Morgan fingerprint density at radius 2 is 1.03 bits per heavy atom. The van der Waals surface area contributed by atoms with Gasteiger partial charge in [-0.25, -0.2) is 9.13 Å². The summed E-state index contributed by atoms with van der Waals surface area (Å²) >= 11 is 0. The van der Waals surface area contributed by atoms with E-state index >= 15 is 0 Å². The number of carboxylic acids is 2. The number of aromatic nitrogens is 2. The summed E-state index contributed by atoms with van der Waals surface area (Å²) in [5.74, 6) is -1.35. The molecule has 1 aromatic heterocycles. The second kappa shape index (κ2) is 18.9. The largest absolute Gasteiger partial charge is 0.481 e. The molecule has 1 aromatic rings. The molecule has 0 fully saturated rings. The average molecular weight is 438 g/mol. The molecule has 0 aliphatic carbocycles. The molecule has 0 bridgehead atoms. The van der Waals surface area contributed by atoms with Crippen molar-refractivity contribution in [3.8, 4) is 0 Å². The Kier molecular flexibility index (Phi) is 16.6. The Labute approximate surface area is 188 Å². The lowest BCUT2D eigenvalue weighted by Gasteiger charge is -2.02. The number of imidazole rings is 1. The Bertz CT molecular complexity index is 537. The van der Waals surface area contributed by atoms with E-state index in [1.54, 1.807) is 0 Å². The molecule has 31 heavy (non-hydrogen) atoms. The number of rotatable bonds is 22. The zero-order valence-corrected chi connectivity index (χ0v) is 19.5. The van der Waals surface area contributed by atoms with Crippen LogP contribution in [0.4, 0.5) is 0 Å². The Balaban J connectivity index is 1.89. The van der Waals surface area contributed by atoms with E-state index in [-0.39, 0.29) is 0 Å². The number of hydrogen-bond acceptors (Lipinski definition) is 2. The highest BCUT2D eigenvalue weighted by Crippen LogP contribution is 2.11. The van der Waals surface area contributed by atoms with Gasteiger partial charge >= 0.3 is 11.9 Å². The smallest absolute Gasteiger partial charge is 0.303 e. The van der Waals surface area contributed by atoms with Crippen molar-refractivity contribution in [3.05, 3.63) is 18.7 Å². The highest BCUT2D eigenvalue weighted by atomic mass is 16.4. The van der Waals surface area contributed by atoms with Gasteiger partial charge in [0.1, 0.15) is 12.4 Å². The number of unbranched alkanes of at least 4 members (excludes halogenated alkanes) is 14. The molecular weight excluding hydrogens is 392 g/mol. The molecule has 0 amide bonds. The number of aliphatic carboxylic acids is 2. The third kappa shape index (κ3) is 17.5. The van der Waals surface area contributed by atoms with Crippen molar-refractivity contribution >= 4 is 11.9 Å². The van der Waals surface area contributed by atoms with Gasteiger partial charge in [0.05, 0.1) is 13.1 Å². The van der Waals surface area contributed by atoms with Crippen LogP contribution in [0, 0.1) is 0 Å². The van der Waals surface area contributed by atoms with E-state index in [0.717, 1.165) is 51.6 Å². The summed E-state index contributed by atoms with van der Waals surface area (Å²) < 4.78 is 4.59. The topological polar surface area (TPSA) is 83.4 Å². The molecule has 0 aliphatic heterocycles. The number of hydrogen-bond donors (Lipinski definition) is 2. The van der Waals surface area contributed by atoms with Gasteiger partial charge in [-0.15, -0.1) is 0 Å². The third-order valence-corrected chi connectivity index (χ3v) is 5.86. The van der Waals surface area contributed by atoms with Gasteiger partial charge in [0.15, 0.2) is 0 Å². The lowest BCUT2D eigenvalue weighted by molar-refractivity contribution is -0.696. The van der Waals surface area contributed by atoms with Gasteiger partial charge < -0.3 is 10.2 Å². The van der Waals surface area contributed by atoms with E-state index in [1.165, 1.54) is 64.2 Å². The molecule has 0 unspecified atom stereocenters. The minimum atomic E-state index is -0.676. The molecule has 0 saturated carbocycles. The van der Waals surface area contributed by atoms with Crippen molar-refractivity contribution in [2.45, 2.75) is 129 Å². The summed E-state index contributed by atoms with van der Waals surface area (Å²) in [6.45, 7) is 2.18. The highest BCUT2D eigenvalue weighted by molar-refractivity contribution is 5.66. The van der Waals surface area contributed by atoms with Crippen LogP contribution in [0.2, 0.25) is 0 Å². The van der Waals surface area contributed by atoms with Crippen LogP contribution in [0.5, 0.6) is 0 Å². The zero-order valence-electron chi connectivity index (χ0n) is 19.5. The van der Waals surface area contributed by atoms with Crippen molar-refractivity contribution in [1.29, 1.82) is 0 Å². The van der Waals surface area contributed by atoms with E-state index in [0.29, 0.717) is 12.8 Å². The van der Waals surface area contributed by atoms with Crippen molar-refractivity contribution in [2.75, 3.05) is 0 Å². The number of nitrogens with zero attached hydrogens (tertiary/aromatic N) is 2. The van der Waals surface area contributed by atoms with Gasteiger partial charge in [-0.3, -0.25) is 9.59 Å².